The van der Waals surface area contributed by atoms with Gasteiger partial charge >= 0.3 is 6.03 Å². The normalized spacial score (nSPS) is 14.3. The Morgan fingerprint density at radius 1 is 1.38 bits per heavy atom. The monoisotopic (exact) mass is 302 g/mol. The molecule has 2 N–H and O–H groups in total. The van der Waals surface area contributed by atoms with Gasteiger partial charge in [-0.05, 0) is 30.7 Å². The summed E-state index contributed by atoms with van der Waals surface area (Å²) in [4.78, 5) is 18.9. The summed E-state index contributed by atoms with van der Waals surface area (Å²) in [5.41, 5.74) is 1.98. The van der Waals surface area contributed by atoms with Gasteiger partial charge in [-0.15, -0.1) is 11.3 Å². The fourth-order valence-corrected chi connectivity index (χ4v) is 3.06. The van der Waals surface area contributed by atoms with Crippen molar-refractivity contribution in [3.8, 4) is 0 Å². The average molecular weight is 302 g/mol. The number of aromatic nitrogens is 1. The number of amides is 2. The van der Waals surface area contributed by atoms with Crippen LogP contribution in [-0.4, -0.2) is 24.1 Å². The molecule has 0 atom stereocenters. The van der Waals surface area contributed by atoms with Crippen LogP contribution in [0.2, 0.25) is 0 Å². The van der Waals surface area contributed by atoms with E-state index in [1.807, 2.05) is 30.5 Å². The fourth-order valence-electron chi connectivity index (χ4n) is 2.26. The van der Waals surface area contributed by atoms with E-state index >= 15 is 0 Å². The van der Waals surface area contributed by atoms with E-state index in [-0.39, 0.29) is 6.03 Å². The third-order valence-corrected chi connectivity index (χ3v) is 4.55. The minimum atomic E-state index is -0.0209. The van der Waals surface area contributed by atoms with Crippen molar-refractivity contribution >= 4 is 28.7 Å². The summed E-state index contributed by atoms with van der Waals surface area (Å²) in [5.74, 6) is 0. The highest BCUT2D eigenvalue weighted by atomic mass is 32.1. The largest absolute Gasteiger partial charge is 0.380 e. The first-order valence-corrected chi connectivity index (χ1v) is 7.91. The number of thiazole rings is 1. The SMILES string of the molecule is CCc1ncc(CNc2ccc(N3CCNC3=O)cc2)s1. The zero-order chi connectivity index (χ0) is 14.7. The molecule has 0 spiro atoms. The maximum atomic E-state index is 11.6. The minimum absolute atomic E-state index is 0.0209. The van der Waals surface area contributed by atoms with Crippen molar-refractivity contribution in [3.05, 3.63) is 40.3 Å². The molecule has 1 fully saturated rings. The number of hydrogen-bond acceptors (Lipinski definition) is 4. The predicted molar refractivity (Wildman–Crippen MR) is 86.0 cm³/mol. The van der Waals surface area contributed by atoms with Gasteiger partial charge in [0, 0.05) is 35.5 Å². The Bertz CT molecular complexity index is 623. The van der Waals surface area contributed by atoms with Crippen molar-refractivity contribution in [2.24, 2.45) is 0 Å². The lowest BCUT2D eigenvalue weighted by Crippen LogP contribution is -2.27. The van der Waals surface area contributed by atoms with Crippen LogP contribution in [0.15, 0.2) is 30.5 Å². The Hall–Kier alpha value is -2.08. The quantitative estimate of drug-likeness (QED) is 0.893. The number of urea groups is 1. The van der Waals surface area contributed by atoms with Gasteiger partial charge in [0.05, 0.1) is 11.6 Å². The summed E-state index contributed by atoms with van der Waals surface area (Å²) in [5, 5.41) is 7.35. The zero-order valence-corrected chi connectivity index (χ0v) is 12.7. The van der Waals surface area contributed by atoms with Gasteiger partial charge in [0.2, 0.25) is 0 Å². The van der Waals surface area contributed by atoms with Gasteiger partial charge in [-0.3, -0.25) is 4.90 Å². The van der Waals surface area contributed by atoms with Crippen molar-refractivity contribution in [2.45, 2.75) is 19.9 Å². The molecule has 0 aliphatic carbocycles. The Kier molecular flexibility index (Phi) is 4.06. The van der Waals surface area contributed by atoms with E-state index in [0.29, 0.717) is 6.54 Å². The number of rotatable bonds is 5. The first-order valence-electron chi connectivity index (χ1n) is 7.09. The van der Waals surface area contributed by atoms with Gasteiger partial charge in [0.15, 0.2) is 0 Å². The molecule has 110 valence electrons. The zero-order valence-electron chi connectivity index (χ0n) is 11.9. The molecule has 6 heteroatoms. The Labute approximate surface area is 128 Å². The molecule has 1 saturated heterocycles. The van der Waals surface area contributed by atoms with E-state index in [1.54, 1.807) is 16.2 Å². The van der Waals surface area contributed by atoms with Crippen LogP contribution in [0.3, 0.4) is 0 Å². The Morgan fingerprint density at radius 2 is 2.19 bits per heavy atom. The molecule has 3 rings (SSSR count). The van der Waals surface area contributed by atoms with Crippen molar-refractivity contribution in [1.29, 1.82) is 0 Å². The van der Waals surface area contributed by atoms with E-state index in [1.165, 1.54) is 9.88 Å². The molecule has 0 unspecified atom stereocenters. The molecule has 0 radical (unpaired) electrons. The maximum absolute atomic E-state index is 11.6. The molecule has 5 nitrogen and oxygen atoms in total. The second kappa shape index (κ2) is 6.13. The number of benzene rings is 1. The van der Waals surface area contributed by atoms with Crippen molar-refractivity contribution in [1.82, 2.24) is 10.3 Å². The highest BCUT2D eigenvalue weighted by Crippen LogP contribution is 2.21. The molecule has 1 aromatic carbocycles. The lowest BCUT2D eigenvalue weighted by atomic mass is 10.2. The summed E-state index contributed by atoms with van der Waals surface area (Å²) >= 11 is 1.74. The van der Waals surface area contributed by atoms with Gasteiger partial charge < -0.3 is 10.6 Å². The number of carbonyl (C=O) groups is 1. The number of anilines is 2. The fraction of sp³-hybridized carbons (Fsp3) is 0.333. The minimum Gasteiger partial charge on any atom is -0.380 e. The smallest absolute Gasteiger partial charge is 0.321 e. The summed E-state index contributed by atoms with van der Waals surface area (Å²) in [7, 11) is 0. The third-order valence-electron chi connectivity index (χ3n) is 3.41. The second-order valence-corrected chi connectivity index (χ2v) is 6.06. The first-order chi connectivity index (χ1) is 10.3. The summed E-state index contributed by atoms with van der Waals surface area (Å²) in [6.07, 6.45) is 2.91. The van der Waals surface area contributed by atoms with Gasteiger partial charge in [-0.2, -0.15) is 0 Å². The summed E-state index contributed by atoms with van der Waals surface area (Å²) in [6.45, 7) is 4.33. The number of nitrogens with one attached hydrogen (secondary N) is 2. The van der Waals surface area contributed by atoms with E-state index in [0.717, 1.165) is 30.9 Å². The molecule has 21 heavy (non-hydrogen) atoms. The number of nitrogens with zero attached hydrogens (tertiary/aromatic N) is 2. The van der Waals surface area contributed by atoms with Gasteiger partial charge in [-0.25, -0.2) is 9.78 Å². The van der Waals surface area contributed by atoms with E-state index < -0.39 is 0 Å². The van der Waals surface area contributed by atoms with Crippen LogP contribution in [-0.2, 0) is 13.0 Å². The highest BCUT2D eigenvalue weighted by molar-refractivity contribution is 7.11. The van der Waals surface area contributed by atoms with Crippen molar-refractivity contribution < 1.29 is 4.79 Å². The van der Waals surface area contributed by atoms with Crippen LogP contribution in [0.25, 0.3) is 0 Å². The number of carbonyl (C=O) groups excluding carboxylic acids is 1. The summed E-state index contributed by atoms with van der Waals surface area (Å²) in [6, 6.07) is 7.92. The molecule has 1 aromatic heterocycles. The molecule has 1 aliphatic rings. The Balaban J connectivity index is 1.60. The molecule has 2 amide bonds. The van der Waals surface area contributed by atoms with Crippen molar-refractivity contribution in [3.63, 3.8) is 0 Å². The lowest BCUT2D eigenvalue weighted by Gasteiger charge is -2.14. The Morgan fingerprint density at radius 3 is 2.81 bits per heavy atom. The standard InChI is InChI=1S/C15H18N4OS/c1-2-14-18-10-13(21-14)9-17-11-3-5-12(6-4-11)19-8-7-16-15(19)20/h3-6,10,17H,2,7-9H2,1H3,(H,16,20). The topological polar surface area (TPSA) is 57.3 Å². The van der Waals surface area contributed by atoms with Crippen LogP contribution in [0.5, 0.6) is 0 Å². The van der Waals surface area contributed by atoms with Crippen LogP contribution < -0.4 is 15.5 Å². The first kappa shape index (κ1) is 13.9. The van der Waals surface area contributed by atoms with Crippen LogP contribution >= 0.6 is 11.3 Å². The van der Waals surface area contributed by atoms with Crippen LogP contribution in [0.1, 0.15) is 16.8 Å². The molecule has 0 bridgehead atoms. The number of aryl methyl sites for hydroxylation is 1. The molecule has 1 aliphatic heterocycles. The lowest BCUT2D eigenvalue weighted by molar-refractivity contribution is 0.252. The molecule has 0 saturated carbocycles. The summed E-state index contributed by atoms with van der Waals surface area (Å²) < 4.78 is 0. The van der Waals surface area contributed by atoms with Gasteiger partial charge in [-0.1, -0.05) is 6.92 Å². The van der Waals surface area contributed by atoms with Crippen LogP contribution in [0.4, 0.5) is 16.2 Å². The molecular formula is C15H18N4OS. The van der Waals surface area contributed by atoms with E-state index in [4.69, 9.17) is 0 Å². The molecule has 2 aromatic rings. The second-order valence-electron chi connectivity index (χ2n) is 4.86. The van der Waals surface area contributed by atoms with Gasteiger partial charge in [0.25, 0.3) is 0 Å². The third kappa shape index (κ3) is 3.16. The number of hydrogen-bond donors (Lipinski definition) is 2. The average Bonchev–Trinajstić information content (AvgIpc) is 3.14. The van der Waals surface area contributed by atoms with E-state index in [2.05, 4.69) is 22.5 Å². The molecule has 2 heterocycles. The van der Waals surface area contributed by atoms with Gasteiger partial charge in [0.1, 0.15) is 0 Å². The maximum Gasteiger partial charge on any atom is 0.321 e. The van der Waals surface area contributed by atoms with Crippen LogP contribution in [0, 0.1) is 0 Å². The molecular weight excluding hydrogens is 284 g/mol. The highest BCUT2D eigenvalue weighted by Gasteiger charge is 2.20. The van der Waals surface area contributed by atoms with E-state index in [9.17, 15) is 4.79 Å². The van der Waals surface area contributed by atoms with Crippen molar-refractivity contribution in [2.75, 3.05) is 23.3 Å². The predicted octanol–water partition coefficient (Wildman–Crippen LogP) is 2.85.